The van der Waals surface area contributed by atoms with Crippen molar-refractivity contribution in [1.29, 1.82) is 0 Å². The highest BCUT2D eigenvalue weighted by Crippen LogP contribution is 2.32. The van der Waals surface area contributed by atoms with Gasteiger partial charge in [0.25, 0.3) is 0 Å². The summed E-state index contributed by atoms with van der Waals surface area (Å²) in [5, 5.41) is 5.68. The van der Waals surface area contributed by atoms with E-state index in [0.717, 1.165) is 50.6 Å². The Hall–Kier alpha value is -1.44. The molecule has 7 heteroatoms. The van der Waals surface area contributed by atoms with E-state index < -0.39 is 0 Å². The van der Waals surface area contributed by atoms with Gasteiger partial charge in [0.1, 0.15) is 10.7 Å². The molecule has 23 heavy (non-hydrogen) atoms. The Morgan fingerprint density at radius 1 is 1.30 bits per heavy atom. The van der Waals surface area contributed by atoms with Crippen molar-refractivity contribution < 1.29 is 9.47 Å². The number of anilines is 1. The fourth-order valence-corrected chi connectivity index (χ4v) is 4.12. The molecule has 0 aromatic carbocycles. The van der Waals surface area contributed by atoms with E-state index in [9.17, 15) is 0 Å². The number of aromatic nitrogens is 3. The second-order valence-electron chi connectivity index (χ2n) is 6.15. The van der Waals surface area contributed by atoms with E-state index in [1.165, 1.54) is 11.4 Å². The summed E-state index contributed by atoms with van der Waals surface area (Å²) in [6, 6.07) is 4.59. The van der Waals surface area contributed by atoms with Crippen LogP contribution in [-0.4, -0.2) is 46.6 Å². The van der Waals surface area contributed by atoms with Gasteiger partial charge in [0, 0.05) is 25.4 Å². The zero-order chi connectivity index (χ0) is 15.6. The molecule has 6 nitrogen and oxygen atoms in total. The molecule has 0 amide bonds. The van der Waals surface area contributed by atoms with Crippen LogP contribution in [0.3, 0.4) is 0 Å². The minimum atomic E-state index is 0.0428. The SMILES string of the molecule is C[C@@H]1COCCN1c1cc(-c2ccnn2C2CCCCO2)ns1. The van der Waals surface area contributed by atoms with E-state index >= 15 is 0 Å². The average molecular weight is 334 g/mol. The predicted octanol–water partition coefficient (Wildman–Crippen LogP) is 2.93. The number of rotatable bonds is 3. The van der Waals surface area contributed by atoms with Gasteiger partial charge < -0.3 is 14.4 Å². The van der Waals surface area contributed by atoms with Gasteiger partial charge >= 0.3 is 0 Å². The Morgan fingerprint density at radius 3 is 3.09 bits per heavy atom. The molecular formula is C16H22N4O2S. The lowest BCUT2D eigenvalue weighted by Crippen LogP contribution is -2.43. The van der Waals surface area contributed by atoms with Crippen molar-refractivity contribution in [3.63, 3.8) is 0 Å². The molecular weight excluding hydrogens is 312 g/mol. The molecule has 2 atom stereocenters. The molecule has 4 rings (SSSR count). The molecule has 4 heterocycles. The summed E-state index contributed by atoms with van der Waals surface area (Å²) in [5.41, 5.74) is 2.02. The Labute approximate surface area is 140 Å². The summed E-state index contributed by atoms with van der Waals surface area (Å²) in [4.78, 5) is 2.38. The van der Waals surface area contributed by atoms with Crippen LogP contribution >= 0.6 is 11.5 Å². The van der Waals surface area contributed by atoms with Crippen molar-refractivity contribution in [1.82, 2.24) is 14.2 Å². The van der Waals surface area contributed by atoms with E-state index in [1.54, 1.807) is 11.5 Å². The van der Waals surface area contributed by atoms with Crippen LogP contribution in [0.1, 0.15) is 32.4 Å². The minimum absolute atomic E-state index is 0.0428. The van der Waals surface area contributed by atoms with Gasteiger partial charge in [-0.05, 0) is 43.8 Å². The molecule has 1 unspecified atom stereocenters. The highest BCUT2D eigenvalue weighted by atomic mass is 32.1. The van der Waals surface area contributed by atoms with Crippen LogP contribution < -0.4 is 4.90 Å². The molecule has 2 aromatic rings. The van der Waals surface area contributed by atoms with Gasteiger partial charge in [-0.3, -0.25) is 0 Å². The molecule has 2 aliphatic rings. The standard InChI is InChI=1S/C16H22N4O2S/c1-12-11-21-9-7-19(12)16-10-13(18-23-16)14-5-6-17-20(14)15-4-2-3-8-22-15/h5-6,10,12,15H,2-4,7-9,11H2,1H3/t12-,15?/m1/s1. The molecule has 0 N–H and O–H groups in total. The molecule has 2 fully saturated rings. The highest BCUT2D eigenvalue weighted by molar-refractivity contribution is 7.10. The van der Waals surface area contributed by atoms with E-state index in [4.69, 9.17) is 9.47 Å². The molecule has 0 radical (unpaired) electrons. The molecule has 2 saturated heterocycles. The first-order valence-electron chi connectivity index (χ1n) is 8.29. The third kappa shape index (κ3) is 3.00. The summed E-state index contributed by atoms with van der Waals surface area (Å²) in [7, 11) is 0. The Bertz CT molecular complexity index is 650. The number of hydrogen-bond acceptors (Lipinski definition) is 6. The summed E-state index contributed by atoms with van der Waals surface area (Å²) in [6.45, 7) is 5.50. The predicted molar refractivity (Wildman–Crippen MR) is 89.8 cm³/mol. The van der Waals surface area contributed by atoms with Crippen molar-refractivity contribution in [2.45, 2.75) is 38.5 Å². The summed E-state index contributed by atoms with van der Waals surface area (Å²) >= 11 is 1.55. The monoisotopic (exact) mass is 334 g/mol. The quantitative estimate of drug-likeness (QED) is 0.864. The average Bonchev–Trinajstić information content (AvgIpc) is 3.25. The van der Waals surface area contributed by atoms with Gasteiger partial charge in [0.2, 0.25) is 0 Å². The van der Waals surface area contributed by atoms with Crippen molar-refractivity contribution in [3.8, 4) is 11.4 Å². The maximum Gasteiger partial charge on any atom is 0.150 e. The van der Waals surface area contributed by atoms with Crippen LogP contribution in [0, 0.1) is 0 Å². The third-order valence-electron chi connectivity index (χ3n) is 4.51. The summed E-state index contributed by atoms with van der Waals surface area (Å²) in [6.07, 6.45) is 5.23. The Balaban J connectivity index is 1.58. The molecule has 2 aromatic heterocycles. The van der Waals surface area contributed by atoms with Gasteiger partial charge in [-0.15, -0.1) is 0 Å². The van der Waals surface area contributed by atoms with Crippen LogP contribution in [-0.2, 0) is 9.47 Å². The van der Waals surface area contributed by atoms with Gasteiger partial charge in [-0.25, -0.2) is 4.68 Å². The summed E-state index contributed by atoms with van der Waals surface area (Å²) < 4.78 is 18.1. The van der Waals surface area contributed by atoms with E-state index in [1.807, 2.05) is 16.9 Å². The molecule has 0 spiro atoms. The lowest BCUT2D eigenvalue weighted by Gasteiger charge is -2.33. The van der Waals surface area contributed by atoms with Gasteiger partial charge in [-0.1, -0.05) is 0 Å². The van der Waals surface area contributed by atoms with Gasteiger partial charge in [0.15, 0.2) is 6.23 Å². The first-order valence-corrected chi connectivity index (χ1v) is 9.07. The molecule has 0 aliphatic carbocycles. The first kappa shape index (κ1) is 15.1. The van der Waals surface area contributed by atoms with Crippen molar-refractivity contribution in [2.75, 3.05) is 31.3 Å². The molecule has 0 saturated carbocycles. The van der Waals surface area contributed by atoms with Crippen LogP contribution in [0.2, 0.25) is 0 Å². The lowest BCUT2D eigenvalue weighted by molar-refractivity contribution is -0.0384. The van der Waals surface area contributed by atoms with Crippen molar-refractivity contribution in [3.05, 3.63) is 18.3 Å². The number of morpholine rings is 1. The van der Waals surface area contributed by atoms with Crippen molar-refractivity contribution >= 4 is 16.5 Å². The molecule has 2 aliphatic heterocycles. The maximum atomic E-state index is 5.87. The van der Waals surface area contributed by atoms with Crippen molar-refractivity contribution in [2.24, 2.45) is 0 Å². The smallest absolute Gasteiger partial charge is 0.150 e. The highest BCUT2D eigenvalue weighted by Gasteiger charge is 2.24. The minimum Gasteiger partial charge on any atom is -0.377 e. The van der Waals surface area contributed by atoms with E-state index in [-0.39, 0.29) is 6.23 Å². The van der Waals surface area contributed by atoms with E-state index in [0.29, 0.717) is 6.04 Å². The lowest BCUT2D eigenvalue weighted by atomic mass is 10.2. The Morgan fingerprint density at radius 2 is 2.26 bits per heavy atom. The Kier molecular flexibility index (Phi) is 4.33. The van der Waals surface area contributed by atoms with Gasteiger partial charge in [-0.2, -0.15) is 9.47 Å². The largest absolute Gasteiger partial charge is 0.377 e. The maximum absolute atomic E-state index is 5.87. The zero-order valence-electron chi connectivity index (χ0n) is 13.4. The number of nitrogens with zero attached hydrogens (tertiary/aromatic N) is 4. The number of ether oxygens (including phenoxy) is 2. The molecule has 0 bridgehead atoms. The third-order valence-corrected chi connectivity index (χ3v) is 5.34. The topological polar surface area (TPSA) is 52.4 Å². The second-order valence-corrected chi connectivity index (χ2v) is 6.93. The zero-order valence-corrected chi connectivity index (χ0v) is 14.2. The fourth-order valence-electron chi connectivity index (χ4n) is 3.24. The van der Waals surface area contributed by atoms with Crippen LogP contribution in [0.25, 0.3) is 11.4 Å². The number of hydrogen-bond donors (Lipinski definition) is 0. The fraction of sp³-hybridized carbons (Fsp3) is 0.625. The van der Waals surface area contributed by atoms with E-state index in [2.05, 4.69) is 27.4 Å². The first-order chi connectivity index (χ1) is 11.3. The van der Waals surface area contributed by atoms with Gasteiger partial charge in [0.05, 0.1) is 24.9 Å². The summed E-state index contributed by atoms with van der Waals surface area (Å²) in [5.74, 6) is 0. The normalized spacial score (nSPS) is 25.7. The van der Waals surface area contributed by atoms with Crippen LogP contribution in [0.4, 0.5) is 5.00 Å². The van der Waals surface area contributed by atoms with Crippen LogP contribution in [0.15, 0.2) is 18.3 Å². The second kappa shape index (κ2) is 6.59. The van der Waals surface area contributed by atoms with Crippen LogP contribution in [0.5, 0.6) is 0 Å². The molecule has 124 valence electrons.